The Bertz CT molecular complexity index is 1030. The lowest BCUT2D eigenvalue weighted by Crippen LogP contribution is -2.37. The number of fused-ring (bicyclic) bond motifs is 2. The molecular formula is C23H25N3O3S. The number of thiazole rings is 1. The third kappa shape index (κ3) is 3.87. The molecule has 3 aromatic rings. The molecule has 1 atom stereocenters. The standard InChI is InChI=1S/C23H25N3O3S/c1-25(14-22-24-17-5-2-3-7-21(17)30-22)23(27)15-26-10-4-6-18(26)16-8-9-19-20(13-16)29-12-11-28-19/h2-3,5,7-9,13,18H,4,6,10-12,14-15H2,1H3/t18-/m1/s1. The lowest BCUT2D eigenvalue weighted by molar-refractivity contribution is -0.131. The van der Waals surface area contributed by atoms with Crippen LogP contribution in [-0.2, 0) is 11.3 Å². The zero-order valence-electron chi connectivity index (χ0n) is 17.0. The number of amides is 1. The second-order valence-electron chi connectivity index (χ2n) is 7.86. The number of benzene rings is 2. The summed E-state index contributed by atoms with van der Waals surface area (Å²) in [5, 5.41) is 0.969. The molecule has 1 amide bonds. The number of nitrogens with zero attached hydrogens (tertiary/aromatic N) is 3. The topological polar surface area (TPSA) is 54.9 Å². The summed E-state index contributed by atoms with van der Waals surface area (Å²) in [5.74, 6) is 1.74. The number of likely N-dealkylation sites (tertiary alicyclic amines) is 1. The fourth-order valence-electron chi connectivity index (χ4n) is 4.23. The Morgan fingerprint density at radius 3 is 2.90 bits per heavy atom. The van der Waals surface area contributed by atoms with Crippen molar-refractivity contribution in [3.8, 4) is 11.5 Å². The van der Waals surface area contributed by atoms with Gasteiger partial charge in [0.15, 0.2) is 11.5 Å². The number of likely N-dealkylation sites (N-methyl/N-ethyl adjacent to an activating group) is 1. The molecule has 7 heteroatoms. The van der Waals surface area contributed by atoms with Gasteiger partial charge in [0.1, 0.15) is 18.2 Å². The van der Waals surface area contributed by atoms with Crippen molar-refractivity contribution in [2.75, 3.05) is 33.4 Å². The first-order valence-corrected chi connectivity index (χ1v) is 11.2. The van der Waals surface area contributed by atoms with Crippen LogP contribution in [-0.4, -0.2) is 54.0 Å². The van der Waals surface area contributed by atoms with E-state index in [0.29, 0.717) is 26.3 Å². The average Bonchev–Trinajstić information content (AvgIpc) is 3.39. The number of carbonyl (C=O) groups excluding carboxylic acids is 1. The van der Waals surface area contributed by atoms with Crippen LogP contribution in [0.2, 0.25) is 0 Å². The molecule has 0 N–H and O–H groups in total. The van der Waals surface area contributed by atoms with E-state index in [1.807, 2.05) is 31.3 Å². The molecule has 1 fully saturated rings. The molecule has 2 aliphatic rings. The summed E-state index contributed by atoms with van der Waals surface area (Å²) in [6.45, 7) is 3.07. The van der Waals surface area contributed by atoms with Gasteiger partial charge in [0.05, 0.1) is 23.3 Å². The highest BCUT2D eigenvalue weighted by Gasteiger charge is 2.29. The minimum Gasteiger partial charge on any atom is -0.486 e. The van der Waals surface area contributed by atoms with Gasteiger partial charge in [0.2, 0.25) is 5.91 Å². The van der Waals surface area contributed by atoms with Gasteiger partial charge in [-0.05, 0) is 49.2 Å². The second kappa shape index (κ2) is 8.24. The van der Waals surface area contributed by atoms with E-state index in [1.54, 1.807) is 16.2 Å². The van der Waals surface area contributed by atoms with Gasteiger partial charge in [0.25, 0.3) is 0 Å². The number of para-hydroxylation sites is 1. The second-order valence-corrected chi connectivity index (χ2v) is 8.97. The predicted octanol–water partition coefficient (Wildman–Crippen LogP) is 3.86. The summed E-state index contributed by atoms with van der Waals surface area (Å²) in [6, 6.07) is 14.5. The van der Waals surface area contributed by atoms with Crippen molar-refractivity contribution < 1.29 is 14.3 Å². The minimum absolute atomic E-state index is 0.124. The van der Waals surface area contributed by atoms with E-state index in [-0.39, 0.29) is 11.9 Å². The monoisotopic (exact) mass is 423 g/mol. The van der Waals surface area contributed by atoms with Crippen LogP contribution in [0.1, 0.15) is 29.5 Å². The van der Waals surface area contributed by atoms with E-state index in [2.05, 4.69) is 28.1 Å². The van der Waals surface area contributed by atoms with Gasteiger partial charge >= 0.3 is 0 Å². The van der Waals surface area contributed by atoms with Crippen LogP contribution >= 0.6 is 11.3 Å². The maximum atomic E-state index is 12.9. The average molecular weight is 424 g/mol. The van der Waals surface area contributed by atoms with E-state index >= 15 is 0 Å². The van der Waals surface area contributed by atoms with Crippen molar-refractivity contribution in [3.05, 3.63) is 53.0 Å². The quantitative estimate of drug-likeness (QED) is 0.624. The summed E-state index contributed by atoms with van der Waals surface area (Å²) in [7, 11) is 1.86. The van der Waals surface area contributed by atoms with Crippen molar-refractivity contribution >= 4 is 27.5 Å². The van der Waals surface area contributed by atoms with Gasteiger partial charge in [0, 0.05) is 13.1 Å². The SMILES string of the molecule is CN(Cc1nc2ccccc2s1)C(=O)CN1CCC[C@@H]1c1ccc2c(c1)OCCO2. The molecule has 0 aliphatic carbocycles. The molecule has 0 saturated carbocycles. The summed E-state index contributed by atoms with van der Waals surface area (Å²) in [4.78, 5) is 21.7. The van der Waals surface area contributed by atoms with Crippen molar-refractivity contribution in [1.82, 2.24) is 14.8 Å². The molecule has 0 radical (unpaired) electrons. The first kappa shape index (κ1) is 19.3. The number of carbonyl (C=O) groups is 1. The van der Waals surface area contributed by atoms with E-state index in [9.17, 15) is 4.79 Å². The maximum absolute atomic E-state index is 12.9. The third-order valence-electron chi connectivity index (χ3n) is 5.79. The maximum Gasteiger partial charge on any atom is 0.236 e. The van der Waals surface area contributed by atoms with Gasteiger partial charge in [-0.2, -0.15) is 0 Å². The smallest absolute Gasteiger partial charge is 0.236 e. The van der Waals surface area contributed by atoms with E-state index in [0.717, 1.165) is 46.1 Å². The lowest BCUT2D eigenvalue weighted by Gasteiger charge is -2.27. The number of aromatic nitrogens is 1. The van der Waals surface area contributed by atoms with Crippen LogP contribution in [0.3, 0.4) is 0 Å². The Kier molecular flexibility index (Phi) is 5.31. The highest BCUT2D eigenvalue weighted by atomic mass is 32.1. The zero-order chi connectivity index (χ0) is 20.5. The zero-order valence-corrected chi connectivity index (χ0v) is 17.9. The molecule has 0 spiro atoms. The Labute approximate surface area is 180 Å². The predicted molar refractivity (Wildman–Crippen MR) is 117 cm³/mol. The number of hydrogen-bond donors (Lipinski definition) is 0. The molecular weight excluding hydrogens is 398 g/mol. The Morgan fingerprint density at radius 2 is 2.03 bits per heavy atom. The summed E-state index contributed by atoms with van der Waals surface area (Å²) in [5.41, 5.74) is 2.19. The summed E-state index contributed by atoms with van der Waals surface area (Å²) >= 11 is 1.65. The van der Waals surface area contributed by atoms with Crippen LogP contribution < -0.4 is 9.47 Å². The summed E-state index contributed by atoms with van der Waals surface area (Å²) < 4.78 is 12.5. The van der Waals surface area contributed by atoms with Gasteiger partial charge in [-0.15, -0.1) is 11.3 Å². The first-order valence-electron chi connectivity index (χ1n) is 10.4. The van der Waals surface area contributed by atoms with Crippen molar-refractivity contribution in [2.24, 2.45) is 0 Å². The van der Waals surface area contributed by atoms with Crippen molar-refractivity contribution in [3.63, 3.8) is 0 Å². The molecule has 3 heterocycles. The Hall–Kier alpha value is -2.64. The van der Waals surface area contributed by atoms with E-state index < -0.39 is 0 Å². The van der Waals surface area contributed by atoms with Crippen LogP contribution in [0.4, 0.5) is 0 Å². The fraction of sp³-hybridized carbons (Fsp3) is 0.391. The molecule has 2 aromatic carbocycles. The molecule has 5 rings (SSSR count). The molecule has 30 heavy (non-hydrogen) atoms. The molecule has 2 aliphatic heterocycles. The highest BCUT2D eigenvalue weighted by molar-refractivity contribution is 7.18. The van der Waals surface area contributed by atoms with Crippen LogP contribution in [0.5, 0.6) is 11.5 Å². The molecule has 0 unspecified atom stereocenters. The third-order valence-corrected chi connectivity index (χ3v) is 6.81. The number of ether oxygens (including phenoxy) is 2. The molecule has 6 nitrogen and oxygen atoms in total. The Balaban J connectivity index is 1.25. The van der Waals surface area contributed by atoms with Crippen LogP contribution in [0, 0.1) is 0 Å². The summed E-state index contributed by atoms with van der Waals surface area (Å²) in [6.07, 6.45) is 2.14. The number of rotatable bonds is 5. The van der Waals surface area contributed by atoms with Crippen molar-refractivity contribution in [1.29, 1.82) is 0 Å². The fourth-order valence-corrected chi connectivity index (χ4v) is 5.25. The van der Waals surface area contributed by atoms with Gasteiger partial charge in [-0.1, -0.05) is 18.2 Å². The van der Waals surface area contributed by atoms with Gasteiger partial charge < -0.3 is 14.4 Å². The van der Waals surface area contributed by atoms with E-state index in [1.165, 1.54) is 5.56 Å². The first-order chi connectivity index (χ1) is 14.7. The molecule has 1 aromatic heterocycles. The molecule has 1 saturated heterocycles. The van der Waals surface area contributed by atoms with Crippen LogP contribution in [0.15, 0.2) is 42.5 Å². The van der Waals surface area contributed by atoms with Gasteiger partial charge in [-0.3, -0.25) is 9.69 Å². The largest absolute Gasteiger partial charge is 0.486 e. The van der Waals surface area contributed by atoms with Gasteiger partial charge in [-0.25, -0.2) is 4.98 Å². The highest BCUT2D eigenvalue weighted by Crippen LogP contribution is 2.38. The van der Waals surface area contributed by atoms with Crippen molar-refractivity contribution in [2.45, 2.75) is 25.4 Å². The minimum atomic E-state index is 0.124. The molecule has 156 valence electrons. The lowest BCUT2D eigenvalue weighted by atomic mass is 10.0. The van der Waals surface area contributed by atoms with E-state index in [4.69, 9.17) is 9.47 Å². The Morgan fingerprint density at radius 1 is 1.20 bits per heavy atom. The van der Waals surface area contributed by atoms with Crippen LogP contribution in [0.25, 0.3) is 10.2 Å². The normalized spacial score (nSPS) is 18.6. The molecule has 0 bridgehead atoms. The number of hydrogen-bond acceptors (Lipinski definition) is 6.